The highest BCUT2D eigenvalue weighted by atomic mass is 16.1. The molecule has 0 bridgehead atoms. The lowest BCUT2D eigenvalue weighted by Crippen LogP contribution is -2.00. The third-order valence-corrected chi connectivity index (χ3v) is 2.16. The zero-order valence-electron chi connectivity index (χ0n) is 9.27. The molecule has 0 saturated carbocycles. The Bertz CT molecular complexity index is 554. The molecule has 0 atom stereocenters. The van der Waals surface area contributed by atoms with Gasteiger partial charge in [0.25, 0.3) is 0 Å². The summed E-state index contributed by atoms with van der Waals surface area (Å²) in [6.07, 6.45) is 5.22. The second-order valence-electron chi connectivity index (χ2n) is 3.64. The van der Waals surface area contributed by atoms with Gasteiger partial charge >= 0.3 is 0 Å². The first kappa shape index (κ1) is 10.4. The van der Waals surface area contributed by atoms with Gasteiger partial charge in [-0.1, -0.05) is 6.07 Å². The third kappa shape index (κ3) is 2.11. The fraction of sp³-hybridized carbons (Fsp3) is 0.167. The third-order valence-electron chi connectivity index (χ3n) is 2.16. The smallest absolute Gasteiger partial charge is 0.154 e. The number of carbonyl (C=O) groups is 1. The number of ketones is 1. The minimum Gasteiger partial charge on any atom is -0.344 e. The van der Waals surface area contributed by atoms with Gasteiger partial charge in [0.05, 0.1) is 6.20 Å². The summed E-state index contributed by atoms with van der Waals surface area (Å²) in [6.45, 7) is 3.38. The van der Waals surface area contributed by atoms with Gasteiger partial charge in [-0.3, -0.25) is 9.20 Å². The molecule has 2 aromatic rings. The van der Waals surface area contributed by atoms with Gasteiger partial charge in [-0.15, -0.1) is 0 Å². The van der Waals surface area contributed by atoms with Crippen LogP contribution in [-0.2, 0) is 4.79 Å². The molecule has 0 radical (unpaired) electrons. The maximum Gasteiger partial charge on any atom is 0.154 e. The number of allylic oxidation sites excluding steroid dienone is 2. The number of anilines is 1. The Balaban J connectivity index is 2.31. The molecular formula is C12H13N3O. The monoisotopic (exact) mass is 215 g/mol. The molecule has 1 N–H and O–H groups in total. The van der Waals surface area contributed by atoms with Crippen LogP contribution in [0.15, 0.2) is 42.4 Å². The molecule has 4 nitrogen and oxygen atoms in total. The van der Waals surface area contributed by atoms with Crippen molar-refractivity contribution in [3.05, 3.63) is 42.4 Å². The van der Waals surface area contributed by atoms with Crippen LogP contribution in [0, 0.1) is 0 Å². The summed E-state index contributed by atoms with van der Waals surface area (Å²) < 4.78 is 1.93. The van der Waals surface area contributed by atoms with Crippen molar-refractivity contribution in [2.45, 2.75) is 13.8 Å². The quantitative estimate of drug-likeness (QED) is 0.799. The summed E-state index contributed by atoms with van der Waals surface area (Å²) in [7, 11) is 0. The van der Waals surface area contributed by atoms with Crippen molar-refractivity contribution in [2.75, 3.05) is 5.32 Å². The fourth-order valence-electron chi connectivity index (χ4n) is 1.57. The van der Waals surface area contributed by atoms with Crippen LogP contribution in [0.1, 0.15) is 13.8 Å². The first-order valence-corrected chi connectivity index (χ1v) is 5.05. The number of imidazole rings is 1. The van der Waals surface area contributed by atoms with Crippen molar-refractivity contribution in [3.8, 4) is 0 Å². The molecule has 0 aliphatic rings. The van der Waals surface area contributed by atoms with Crippen LogP contribution in [-0.4, -0.2) is 15.2 Å². The van der Waals surface area contributed by atoms with Crippen molar-refractivity contribution < 1.29 is 4.79 Å². The number of fused-ring (bicyclic) bond motifs is 1. The number of pyridine rings is 1. The summed E-state index contributed by atoms with van der Waals surface area (Å²) in [5.74, 6) is 0.879. The zero-order chi connectivity index (χ0) is 11.5. The van der Waals surface area contributed by atoms with E-state index in [0.29, 0.717) is 0 Å². The molecule has 0 spiro atoms. The van der Waals surface area contributed by atoms with E-state index in [1.165, 1.54) is 6.92 Å². The number of carbonyl (C=O) groups excluding carboxylic acids is 1. The predicted octanol–water partition coefficient (Wildman–Crippen LogP) is 2.24. The summed E-state index contributed by atoms with van der Waals surface area (Å²) in [4.78, 5) is 15.1. The maximum absolute atomic E-state index is 10.9. The van der Waals surface area contributed by atoms with E-state index >= 15 is 0 Å². The molecule has 2 heterocycles. The van der Waals surface area contributed by atoms with Gasteiger partial charge in [0.15, 0.2) is 5.78 Å². The Morgan fingerprint density at radius 3 is 3.00 bits per heavy atom. The first-order chi connectivity index (χ1) is 7.66. The average Bonchev–Trinajstić information content (AvgIpc) is 2.61. The lowest BCUT2D eigenvalue weighted by atomic mass is 10.3. The molecule has 0 unspecified atom stereocenters. The molecule has 0 aliphatic heterocycles. The molecule has 0 saturated heterocycles. The highest BCUT2D eigenvalue weighted by Crippen LogP contribution is 2.12. The zero-order valence-corrected chi connectivity index (χ0v) is 9.27. The molecule has 82 valence electrons. The van der Waals surface area contributed by atoms with E-state index in [1.807, 2.05) is 35.7 Å². The van der Waals surface area contributed by atoms with Crippen molar-refractivity contribution in [1.82, 2.24) is 9.38 Å². The van der Waals surface area contributed by atoms with Crippen molar-refractivity contribution >= 4 is 17.2 Å². The van der Waals surface area contributed by atoms with Crippen molar-refractivity contribution in [1.29, 1.82) is 0 Å². The van der Waals surface area contributed by atoms with Gasteiger partial charge < -0.3 is 5.32 Å². The summed E-state index contributed by atoms with van der Waals surface area (Å²) >= 11 is 0. The second kappa shape index (κ2) is 4.18. The Kier molecular flexibility index (Phi) is 2.72. The van der Waals surface area contributed by atoms with E-state index in [0.717, 1.165) is 17.2 Å². The van der Waals surface area contributed by atoms with Crippen LogP contribution in [0.2, 0.25) is 0 Å². The van der Waals surface area contributed by atoms with E-state index in [1.54, 1.807) is 12.3 Å². The standard InChI is InChI=1S/C12H13N3O/c1-9(7-10(2)16)14-12-8-13-11-5-3-4-6-15(11)12/h3-8,14H,1-2H3/b9-7-. The largest absolute Gasteiger partial charge is 0.344 e. The van der Waals surface area contributed by atoms with E-state index in [-0.39, 0.29) is 5.78 Å². The maximum atomic E-state index is 10.9. The summed E-state index contributed by atoms with van der Waals surface area (Å²) in [6, 6.07) is 5.80. The number of hydrogen-bond acceptors (Lipinski definition) is 3. The van der Waals surface area contributed by atoms with E-state index < -0.39 is 0 Å². The molecular weight excluding hydrogens is 202 g/mol. The van der Waals surface area contributed by atoms with Crippen molar-refractivity contribution in [2.24, 2.45) is 0 Å². The van der Waals surface area contributed by atoms with Crippen molar-refractivity contribution in [3.63, 3.8) is 0 Å². The molecule has 0 fully saturated rings. The fourth-order valence-corrected chi connectivity index (χ4v) is 1.57. The Labute approximate surface area is 93.6 Å². The van der Waals surface area contributed by atoms with Crippen LogP contribution in [0.5, 0.6) is 0 Å². The molecule has 2 rings (SSSR count). The first-order valence-electron chi connectivity index (χ1n) is 5.05. The summed E-state index contributed by atoms with van der Waals surface area (Å²) in [5, 5.41) is 3.14. The van der Waals surface area contributed by atoms with Crippen LogP contribution in [0.25, 0.3) is 5.65 Å². The number of aromatic nitrogens is 2. The topological polar surface area (TPSA) is 46.4 Å². The van der Waals surface area contributed by atoms with Gasteiger partial charge in [0.1, 0.15) is 11.5 Å². The lowest BCUT2D eigenvalue weighted by Gasteiger charge is -2.04. The van der Waals surface area contributed by atoms with Crippen LogP contribution < -0.4 is 5.32 Å². The van der Waals surface area contributed by atoms with Gasteiger partial charge in [-0.25, -0.2) is 4.98 Å². The molecule has 0 aromatic carbocycles. The Hall–Kier alpha value is -2.10. The van der Waals surface area contributed by atoms with E-state index in [9.17, 15) is 4.79 Å². The molecule has 0 amide bonds. The Morgan fingerprint density at radius 2 is 2.25 bits per heavy atom. The SMILES string of the molecule is CC(=O)/C=C(/C)Nc1cnc2ccccn12. The second-order valence-corrected chi connectivity index (χ2v) is 3.64. The van der Waals surface area contributed by atoms with Crippen LogP contribution in [0.3, 0.4) is 0 Å². The minimum absolute atomic E-state index is 0.0267. The highest BCUT2D eigenvalue weighted by Gasteiger charge is 2.01. The summed E-state index contributed by atoms with van der Waals surface area (Å²) in [5.41, 5.74) is 1.68. The van der Waals surface area contributed by atoms with Gasteiger partial charge in [0.2, 0.25) is 0 Å². The number of nitrogens with one attached hydrogen (secondary N) is 1. The normalized spacial score (nSPS) is 11.8. The number of rotatable bonds is 3. The molecule has 0 aliphatic carbocycles. The van der Waals surface area contributed by atoms with Gasteiger partial charge in [-0.2, -0.15) is 0 Å². The highest BCUT2D eigenvalue weighted by molar-refractivity contribution is 5.88. The van der Waals surface area contributed by atoms with Gasteiger partial charge in [-0.05, 0) is 32.1 Å². The Morgan fingerprint density at radius 1 is 1.44 bits per heavy atom. The van der Waals surface area contributed by atoms with E-state index in [4.69, 9.17) is 0 Å². The number of nitrogens with zero attached hydrogens (tertiary/aromatic N) is 2. The number of hydrogen-bond donors (Lipinski definition) is 1. The van der Waals surface area contributed by atoms with Crippen LogP contribution in [0.4, 0.5) is 5.82 Å². The van der Waals surface area contributed by atoms with Gasteiger partial charge in [0, 0.05) is 11.9 Å². The molecule has 4 heteroatoms. The molecule has 16 heavy (non-hydrogen) atoms. The van der Waals surface area contributed by atoms with Crippen LogP contribution >= 0.6 is 0 Å². The van der Waals surface area contributed by atoms with E-state index in [2.05, 4.69) is 10.3 Å². The lowest BCUT2D eigenvalue weighted by molar-refractivity contribution is -0.112. The minimum atomic E-state index is 0.0267. The predicted molar refractivity (Wildman–Crippen MR) is 63.3 cm³/mol. The molecule has 2 aromatic heterocycles. The average molecular weight is 215 g/mol.